The van der Waals surface area contributed by atoms with Crippen LogP contribution in [0.3, 0.4) is 0 Å². The van der Waals surface area contributed by atoms with Crippen molar-refractivity contribution in [2.45, 2.75) is 45.4 Å². The molecule has 0 unspecified atom stereocenters. The van der Waals surface area contributed by atoms with Crippen molar-refractivity contribution in [2.75, 3.05) is 18.4 Å². The second-order valence-corrected chi connectivity index (χ2v) is 10.2. The molecule has 1 aromatic heterocycles. The van der Waals surface area contributed by atoms with Crippen LogP contribution in [-0.2, 0) is 14.8 Å². The molecule has 1 amide bonds. The molecule has 1 N–H and O–H groups in total. The van der Waals surface area contributed by atoms with E-state index in [4.69, 9.17) is 0 Å². The van der Waals surface area contributed by atoms with Gasteiger partial charge in [-0.3, -0.25) is 4.79 Å². The summed E-state index contributed by atoms with van der Waals surface area (Å²) in [7, 11) is -3.50. The van der Waals surface area contributed by atoms with Crippen molar-refractivity contribution >= 4 is 38.5 Å². The van der Waals surface area contributed by atoms with Crippen molar-refractivity contribution in [3.63, 3.8) is 0 Å². The lowest BCUT2D eigenvalue weighted by Gasteiger charge is -2.29. The van der Waals surface area contributed by atoms with Crippen LogP contribution in [0.2, 0.25) is 0 Å². The van der Waals surface area contributed by atoms with Crippen LogP contribution >= 0.6 is 11.3 Å². The molecule has 9 heteroatoms. The number of carbonyl (C=O) groups excluding carboxylic acids is 1. The first-order valence-corrected chi connectivity index (χ1v) is 12.6. The van der Waals surface area contributed by atoms with E-state index in [9.17, 15) is 13.2 Å². The van der Waals surface area contributed by atoms with Crippen LogP contribution in [0.5, 0.6) is 0 Å². The maximum atomic E-state index is 12.6. The van der Waals surface area contributed by atoms with Gasteiger partial charge in [0.1, 0.15) is 5.01 Å². The van der Waals surface area contributed by atoms with Gasteiger partial charge in [0, 0.05) is 30.3 Å². The predicted octanol–water partition coefficient (Wildman–Crippen LogP) is 4.09. The van der Waals surface area contributed by atoms with E-state index in [2.05, 4.69) is 29.4 Å². The highest BCUT2D eigenvalue weighted by molar-refractivity contribution is 7.92. The standard InChI is InChI=1S/C21H28N4O3S2/c1-3-17(4-2)20-23-24-21(29-20)22-19(26)18-10-13-25(14-11-18)30(27,28)15-12-16-8-6-5-7-9-16/h5-9,12,15,17-18H,3-4,10-11,13-14H2,1-2H3,(H,22,24,26). The number of hydrogen-bond donors (Lipinski definition) is 1. The number of anilines is 1. The van der Waals surface area contributed by atoms with Crippen molar-refractivity contribution < 1.29 is 13.2 Å². The summed E-state index contributed by atoms with van der Waals surface area (Å²) in [5.74, 6) is 0.0275. The number of hydrogen-bond acceptors (Lipinski definition) is 6. The van der Waals surface area contributed by atoms with Crippen molar-refractivity contribution in [3.05, 3.63) is 46.3 Å². The molecule has 0 spiro atoms. The maximum absolute atomic E-state index is 12.6. The molecule has 0 bridgehead atoms. The number of carbonyl (C=O) groups is 1. The zero-order valence-corrected chi connectivity index (χ0v) is 19.0. The van der Waals surface area contributed by atoms with Crippen molar-refractivity contribution in [3.8, 4) is 0 Å². The fraction of sp³-hybridized carbons (Fsp3) is 0.476. The third kappa shape index (κ3) is 5.74. The molecule has 0 radical (unpaired) electrons. The average molecular weight is 449 g/mol. The van der Waals surface area contributed by atoms with E-state index in [-0.39, 0.29) is 11.8 Å². The molecule has 1 saturated heterocycles. The number of piperidine rings is 1. The van der Waals surface area contributed by atoms with Gasteiger partial charge >= 0.3 is 0 Å². The molecule has 162 valence electrons. The van der Waals surface area contributed by atoms with E-state index in [1.165, 1.54) is 21.1 Å². The van der Waals surface area contributed by atoms with Gasteiger partial charge in [0.2, 0.25) is 21.1 Å². The smallest absolute Gasteiger partial charge is 0.236 e. The summed E-state index contributed by atoms with van der Waals surface area (Å²) in [6, 6.07) is 9.32. The highest BCUT2D eigenvalue weighted by Gasteiger charge is 2.30. The summed E-state index contributed by atoms with van der Waals surface area (Å²) in [5, 5.41) is 13.9. The van der Waals surface area contributed by atoms with Crippen LogP contribution < -0.4 is 5.32 Å². The van der Waals surface area contributed by atoms with E-state index in [0.717, 1.165) is 23.4 Å². The predicted molar refractivity (Wildman–Crippen MR) is 121 cm³/mol. The second kappa shape index (κ2) is 10.3. The SMILES string of the molecule is CCC(CC)c1nnc(NC(=O)C2CCN(S(=O)(=O)C=Cc3ccccc3)CC2)s1. The Balaban J connectivity index is 1.53. The van der Waals surface area contributed by atoms with E-state index in [0.29, 0.717) is 37.0 Å². The van der Waals surface area contributed by atoms with E-state index in [1.807, 2.05) is 30.3 Å². The van der Waals surface area contributed by atoms with Gasteiger partial charge in [-0.25, -0.2) is 8.42 Å². The van der Waals surface area contributed by atoms with Gasteiger partial charge in [-0.15, -0.1) is 10.2 Å². The largest absolute Gasteiger partial charge is 0.300 e. The summed E-state index contributed by atoms with van der Waals surface area (Å²) in [4.78, 5) is 12.6. The Morgan fingerprint density at radius 3 is 2.50 bits per heavy atom. The molecule has 7 nitrogen and oxygen atoms in total. The molecule has 30 heavy (non-hydrogen) atoms. The lowest BCUT2D eigenvalue weighted by Crippen LogP contribution is -2.40. The highest BCUT2D eigenvalue weighted by atomic mass is 32.2. The second-order valence-electron chi connectivity index (χ2n) is 7.38. The monoisotopic (exact) mass is 448 g/mol. The molecule has 0 atom stereocenters. The van der Waals surface area contributed by atoms with Crippen molar-refractivity contribution in [2.24, 2.45) is 5.92 Å². The maximum Gasteiger partial charge on any atom is 0.236 e. The first kappa shape index (κ1) is 22.6. The summed E-state index contributed by atoms with van der Waals surface area (Å²) in [6.45, 7) is 4.89. The Bertz CT molecular complexity index is 961. The number of nitrogens with one attached hydrogen (secondary N) is 1. The van der Waals surface area contributed by atoms with Crippen molar-refractivity contribution in [1.82, 2.24) is 14.5 Å². The van der Waals surface area contributed by atoms with Gasteiger partial charge in [0.25, 0.3) is 0 Å². The number of aromatic nitrogens is 2. The Hall–Kier alpha value is -2.10. The molecule has 2 aromatic rings. The number of benzene rings is 1. The molecule has 2 heterocycles. The Kier molecular flexibility index (Phi) is 7.74. The van der Waals surface area contributed by atoms with Crippen LogP contribution in [-0.4, -0.2) is 41.9 Å². The first-order chi connectivity index (χ1) is 14.4. The number of nitrogens with zero attached hydrogens (tertiary/aromatic N) is 3. The normalized spacial score (nSPS) is 16.4. The summed E-state index contributed by atoms with van der Waals surface area (Å²) in [5.41, 5.74) is 0.833. The summed E-state index contributed by atoms with van der Waals surface area (Å²) >= 11 is 1.42. The number of sulfonamides is 1. The van der Waals surface area contributed by atoms with Crippen LogP contribution in [0.25, 0.3) is 6.08 Å². The van der Waals surface area contributed by atoms with E-state index >= 15 is 0 Å². The number of amides is 1. The summed E-state index contributed by atoms with van der Waals surface area (Å²) in [6.07, 6.45) is 4.56. The van der Waals surface area contributed by atoms with Gasteiger partial charge in [-0.05, 0) is 37.3 Å². The quantitative estimate of drug-likeness (QED) is 0.656. The lowest BCUT2D eigenvalue weighted by molar-refractivity contribution is -0.120. The topological polar surface area (TPSA) is 92.3 Å². The molecule has 1 aliphatic rings. The zero-order chi connectivity index (χ0) is 21.6. The molecule has 0 saturated carbocycles. The zero-order valence-electron chi connectivity index (χ0n) is 17.3. The van der Waals surface area contributed by atoms with Gasteiger partial charge < -0.3 is 5.32 Å². The Morgan fingerprint density at radius 1 is 1.20 bits per heavy atom. The van der Waals surface area contributed by atoms with Gasteiger partial charge in [-0.2, -0.15) is 4.31 Å². The fourth-order valence-corrected chi connectivity index (χ4v) is 5.72. The molecular weight excluding hydrogens is 420 g/mol. The van der Waals surface area contributed by atoms with Crippen molar-refractivity contribution in [1.29, 1.82) is 0 Å². The molecule has 1 aromatic carbocycles. The van der Waals surface area contributed by atoms with Gasteiger partial charge in [-0.1, -0.05) is 55.5 Å². The minimum atomic E-state index is -3.50. The molecule has 0 aliphatic carbocycles. The molecule has 3 rings (SSSR count). The van der Waals surface area contributed by atoms with Crippen LogP contribution in [0, 0.1) is 5.92 Å². The molecule has 1 aliphatic heterocycles. The fourth-order valence-electron chi connectivity index (χ4n) is 3.48. The van der Waals surface area contributed by atoms with Crippen LogP contribution in [0.4, 0.5) is 5.13 Å². The number of rotatable bonds is 8. The van der Waals surface area contributed by atoms with Gasteiger partial charge in [0.15, 0.2) is 0 Å². The Labute approximate surface area is 182 Å². The summed E-state index contributed by atoms with van der Waals surface area (Å²) < 4.78 is 26.6. The third-order valence-corrected chi connectivity index (χ3v) is 7.99. The third-order valence-electron chi connectivity index (χ3n) is 5.42. The van der Waals surface area contributed by atoms with Crippen LogP contribution in [0.15, 0.2) is 35.7 Å². The van der Waals surface area contributed by atoms with Crippen LogP contribution in [0.1, 0.15) is 56.0 Å². The molecule has 1 fully saturated rings. The lowest BCUT2D eigenvalue weighted by atomic mass is 9.97. The van der Waals surface area contributed by atoms with E-state index in [1.54, 1.807) is 6.08 Å². The van der Waals surface area contributed by atoms with E-state index < -0.39 is 10.0 Å². The first-order valence-electron chi connectivity index (χ1n) is 10.3. The average Bonchev–Trinajstić information content (AvgIpc) is 3.22. The Morgan fingerprint density at radius 2 is 1.87 bits per heavy atom. The highest BCUT2D eigenvalue weighted by Crippen LogP contribution is 2.29. The minimum Gasteiger partial charge on any atom is -0.300 e. The minimum absolute atomic E-state index is 0.112. The molecular formula is C21H28N4O3S2. The van der Waals surface area contributed by atoms with Gasteiger partial charge in [0.05, 0.1) is 0 Å².